The van der Waals surface area contributed by atoms with Crippen molar-refractivity contribution in [3.63, 3.8) is 0 Å². The number of ether oxygens (including phenoxy) is 1. The van der Waals surface area contributed by atoms with Gasteiger partial charge in [0.1, 0.15) is 5.76 Å². The van der Waals surface area contributed by atoms with Crippen LogP contribution in [0.3, 0.4) is 0 Å². The highest BCUT2D eigenvalue weighted by Gasteiger charge is 2.13. The predicted molar refractivity (Wildman–Crippen MR) is 93.3 cm³/mol. The summed E-state index contributed by atoms with van der Waals surface area (Å²) in [6.07, 6.45) is 2.79. The van der Waals surface area contributed by atoms with Crippen molar-refractivity contribution >= 4 is 34.0 Å². The van der Waals surface area contributed by atoms with E-state index in [0.717, 1.165) is 0 Å². The quantitative estimate of drug-likeness (QED) is 0.383. The van der Waals surface area contributed by atoms with E-state index in [1.54, 1.807) is 31.2 Å². The number of hydrogen-bond donors (Lipinski definition) is 3. The molecule has 8 nitrogen and oxygen atoms in total. The second kappa shape index (κ2) is 8.88. The number of carbonyl (C=O) groups excluding carboxylic acids is 2. The van der Waals surface area contributed by atoms with E-state index in [1.165, 1.54) is 12.5 Å². The van der Waals surface area contributed by atoms with E-state index >= 15 is 0 Å². The first kappa shape index (κ1) is 18.5. The lowest BCUT2D eigenvalue weighted by Gasteiger charge is -2.08. The standard InChI is InChI=1S/C16H16BrN3O5/c1-2-24-13-7-10(6-12(17)14(13)21)8-19-20-16(23)15(22)18-9-11-4-3-5-25-11/h3-8,21H,2,9H2,1H3,(H,18,22)(H,20,23). The van der Waals surface area contributed by atoms with E-state index in [-0.39, 0.29) is 18.0 Å². The lowest BCUT2D eigenvalue weighted by molar-refractivity contribution is -0.139. The zero-order valence-electron chi connectivity index (χ0n) is 13.3. The second-order valence-corrected chi connectivity index (χ2v) is 5.60. The van der Waals surface area contributed by atoms with Gasteiger partial charge in [-0.15, -0.1) is 0 Å². The van der Waals surface area contributed by atoms with Crippen LogP contribution < -0.4 is 15.5 Å². The molecule has 0 radical (unpaired) electrons. The number of phenolic OH excluding ortho intramolecular Hbond substituents is 1. The van der Waals surface area contributed by atoms with E-state index in [9.17, 15) is 14.7 Å². The Labute approximate surface area is 152 Å². The maximum atomic E-state index is 11.6. The summed E-state index contributed by atoms with van der Waals surface area (Å²) in [6.45, 7) is 2.27. The van der Waals surface area contributed by atoms with E-state index < -0.39 is 11.8 Å². The van der Waals surface area contributed by atoms with Gasteiger partial charge >= 0.3 is 11.8 Å². The van der Waals surface area contributed by atoms with E-state index in [2.05, 4.69) is 31.8 Å². The fraction of sp³-hybridized carbons (Fsp3) is 0.188. The smallest absolute Gasteiger partial charge is 0.329 e. The lowest BCUT2D eigenvalue weighted by atomic mass is 10.2. The Morgan fingerprint density at radius 1 is 1.40 bits per heavy atom. The molecule has 1 heterocycles. The van der Waals surface area contributed by atoms with E-state index in [0.29, 0.717) is 22.4 Å². The minimum Gasteiger partial charge on any atom is -0.503 e. The molecule has 0 spiro atoms. The summed E-state index contributed by atoms with van der Waals surface area (Å²) in [4.78, 5) is 23.3. The molecule has 0 fully saturated rings. The van der Waals surface area contributed by atoms with Gasteiger partial charge in [0.15, 0.2) is 11.5 Å². The third-order valence-corrected chi connectivity index (χ3v) is 3.54. The summed E-state index contributed by atoms with van der Waals surface area (Å²) in [7, 11) is 0. The molecule has 0 aliphatic rings. The largest absolute Gasteiger partial charge is 0.503 e. The number of hydrazone groups is 1. The maximum absolute atomic E-state index is 11.6. The molecule has 0 saturated carbocycles. The maximum Gasteiger partial charge on any atom is 0.329 e. The number of furan rings is 1. The van der Waals surface area contributed by atoms with Crippen LogP contribution in [0.5, 0.6) is 11.5 Å². The molecule has 0 aliphatic heterocycles. The van der Waals surface area contributed by atoms with Gasteiger partial charge in [0.25, 0.3) is 0 Å². The summed E-state index contributed by atoms with van der Waals surface area (Å²) in [5.74, 6) is -0.968. The Kier molecular flexibility index (Phi) is 6.58. The topological polar surface area (TPSA) is 113 Å². The zero-order valence-corrected chi connectivity index (χ0v) is 14.9. The molecule has 0 aliphatic carbocycles. The number of phenols is 1. The first-order chi connectivity index (χ1) is 12.0. The molecule has 2 amide bonds. The van der Waals surface area contributed by atoms with Crippen molar-refractivity contribution in [2.24, 2.45) is 5.10 Å². The number of amides is 2. The first-order valence-electron chi connectivity index (χ1n) is 7.30. The van der Waals surface area contributed by atoms with Crippen LogP contribution >= 0.6 is 15.9 Å². The molecule has 2 aromatic rings. The van der Waals surface area contributed by atoms with Crippen LogP contribution in [-0.4, -0.2) is 29.7 Å². The highest BCUT2D eigenvalue weighted by Crippen LogP contribution is 2.34. The van der Waals surface area contributed by atoms with Crippen LogP contribution in [0.1, 0.15) is 18.2 Å². The van der Waals surface area contributed by atoms with Crippen molar-refractivity contribution in [1.82, 2.24) is 10.7 Å². The zero-order chi connectivity index (χ0) is 18.2. The molecule has 2 rings (SSSR count). The van der Waals surface area contributed by atoms with E-state index in [4.69, 9.17) is 9.15 Å². The van der Waals surface area contributed by atoms with Gasteiger partial charge < -0.3 is 19.6 Å². The summed E-state index contributed by atoms with van der Waals surface area (Å²) in [5.41, 5.74) is 2.68. The van der Waals surface area contributed by atoms with Crippen LogP contribution in [-0.2, 0) is 16.1 Å². The Hall–Kier alpha value is -2.81. The molecular formula is C16H16BrN3O5. The van der Waals surface area contributed by atoms with Crippen molar-refractivity contribution in [2.75, 3.05) is 6.61 Å². The Balaban J connectivity index is 1.91. The van der Waals surface area contributed by atoms with Gasteiger partial charge in [-0.25, -0.2) is 5.43 Å². The molecule has 1 aromatic heterocycles. The summed E-state index contributed by atoms with van der Waals surface area (Å²) < 4.78 is 10.7. The van der Waals surface area contributed by atoms with Gasteiger partial charge in [0.05, 0.1) is 30.1 Å². The molecule has 1 aromatic carbocycles. The number of benzene rings is 1. The van der Waals surface area contributed by atoms with Crippen molar-refractivity contribution in [3.05, 3.63) is 46.3 Å². The number of carbonyl (C=O) groups is 2. The second-order valence-electron chi connectivity index (χ2n) is 4.74. The molecule has 3 N–H and O–H groups in total. The van der Waals surface area contributed by atoms with Gasteiger partial charge in [-0.05, 0) is 52.7 Å². The van der Waals surface area contributed by atoms with Gasteiger partial charge in [-0.1, -0.05) is 0 Å². The van der Waals surface area contributed by atoms with Gasteiger partial charge in [0.2, 0.25) is 0 Å². The fourth-order valence-electron chi connectivity index (χ4n) is 1.81. The molecule has 0 unspecified atom stereocenters. The average Bonchev–Trinajstić information content (AvgIpc) is 3.10. The number of nitrogens with zero attached hydrogens (tertiary/aromatic N) is 1. The molecule has 132 valence electrons. The number of halogens is 1. The third-order valence-electron chi connectivity index (χ3n) is 2.94. The van der Waals surface area contributed by atoms with Crippen molar-refractivity contribution < 1.29 is 23.8 Å². The number of rotatable bonds is 6. The minimum atomic E-state index is -0.911. The van der Waals surface area contributed by atoms with Crippen LogP contribution in [0.2, 0.25) is 0 Å². The van der Waals surface area contributed by atoms with Gasteiger partial charge in [0, 0.05) is 0 Å². The van der Waals surface area contributed by atoms with Crippen LogP contribution in [0.15, 0.2) is 44.5 Å². The minimum absolute atomic E-state index is 0.0275. The SMILES string of the molecule is CCOc1cc(C=NNC(=O)C(=O)NCc2ccco2)cc(Br)c1O. The van der Waals surface area contributed by atoms with Crippen LogP contribution in [0, 0.1) is 0 Å². The van der Waals surface area contributed by atoms with Crippen molar-refractivity contribution in [2.45, 2.75) is 13.5 Å². The van der Waals surface area contributed by atoms with E-state index in [1.807, 2.05) is 0 Å². The molecule has 0 saturated heterocycles. The fourth-order valence-corrected chi connectivity index (χ4v) is 2.27. The molecule has 0 atom stereocenters. The van der Waals surface area contributed by atoms with Crippen LogP contribution in [0.25, 0.3) is 0 Å². The summed E-state index contributed by atoms with van der Waals surface area (Å²) in [6, 6.07) is 6.49. The Bertz CT molecular complexity index is 774. The predicted octanol–water partition coefficient (Wildman–Crippen LogP) is 1.91. The normalized spacial score (nSPS) is 10.6. The molecular weight excluding hydrogens is 394 g/mol. The highest BCUT2D eigenvalue weighted by molar-refractivity contribution is 9.10. The monoisotopic (exact) mass is 409 g/mol. The summed E-state index contributed by atoms with van der Waals surface area (Å²) in [5, 5.41) is 15.9. The average molecular weight is 410 g/mol. The molecule has 0 bridgehead atoms. The first-order valence-corrected chi connectivity index (χ1v) is 8.09. The number of nitrogens with one attached hydrogen (secondary N) is 2. The van der Waals surface area contributed by atoms with Crippen molar-refractivity contribution in [3.8, 4) is 11.5 Å². The summed E-state index contributed by atoms with van der Waals surface area (Å²) >= 11 is 3.20. The lowest BCUT2D eigenvalue weighted by Crippen LogP contribution is -2.37. The third kappa shape index (κ3) is 5.35. The van der Waals surface area contributed by atoms with Crippen LogP contribution in [0.4, 0.5) is 0 Å². The van der Waals surface area contributed by atoms with Crippen molar-refractivity contribution in [1.29, 1.82) is 0 Å². The number of hydrogen-bond acceptors (Lipinski definition) is 6. The number of aromatic hydroxyl groups is 1. The molecule has 9 heteroatoms. The highest BCUT2D eigenvalue weighted by atomic mass is 79.9. The van der Waals surface area contributed by atoms with Gasteiger partial charge in [-0.2, -0.15) is 5.10 Å². The molecule has 25 heavy (non-hydrogen) atoms. The Morgan fingerprint density at radius 2 is 2.20 bits per heavy atom. The Morgan fingerprint density at radius 3 is 2.88 bits per heavy atom. The van der Waals surface area contributed by atoms with Gasteiger partial charge in [-0.3, -0.25) is 9.59 Å².